The fourth-order valence-electron chi connectivity index (χ4n) is 1.60. The average molecular weight is 248 g/mol. The molecule has 0 aliphatic carbocycles. The number of carbonyl (C=O) groups is 1. The topological polar surface area (TPSA) is 35.5 Å². The Morgan fingerprint density at radius 1 is 1.38 bits per heavy atom. The molecule has 0 N–H and O–H groups in total. The first-order chi connectivity index (χ1) is 7.74. The molecule has 0 atom stereocenters. The molecular weight excluding hydrogens is 236 g/mol. The van der Waals surface area contributed by atoms with Crippen LogP contribution in [-0.4, -0.2) is 29.4 Å². The minimum atomic E-state index is -1.17. The van der Waals surface area contributed by atoms with E-state index in [4.69, 9.17) is 9.16 Å². The van der Waals surface area contributed by atoms with Gasteiger partial charge in [-0.3, -0.25) is 4.79 Å². The number of benzene rings is 1. The molecule has 1 aromatic carbocycles. The van der Waals surface area contributed by atoms with Crippen molar-refractivity contribution in [1.29, 1.82) is 0 Å². The van der Waals surface area contributed by atoms with Crippen molar-refractivity contribution >= 4 is 22.3 Å². The summed E-state index contributed by atoms with van der Waals surface area (Å²) in [6.07, 6.45) is 1.68. The van der Waals surface area contributed by atoms with E-state index in [1.165, 1.54) is 0 Å². The summed E-state index contributed by atoms with van der Waals surface area (Å²) in [7, 11) is -0.567. The normalized spacial score (nSPS) is 16.1. The van der Waals surface area contributed by atoms with E-state index in [9.17, 15) is 4.79 Å². The van der Waals surface area contributed by atoms with Crippen LogP contribution < -0.4 is 4.74 Å². The quantitative estimate of drug-likeness (QED) is 0.764. The zero-order chi connectivity index (χ0) is 11.5. The summed E-state index contributed by atoms with van der Waals surface area (Å²) in [5, 5.41) is 0.188. The zero-order valence-corrected chi connectivity index (χ0v) is 11.2. The molecule has 0 unspecified atom stereocenters. The fourth-order valence-corrected chi connectivity index (χ4v) is 6.40. The number of carbonyl (C=O) groups excluding carboxylic acids is 1. The lowest BCUT2D eigenvalue weighted by Gasteiger charge is -2.11. The average Bonchev–Trinajstić information content (AvgIpc) is 2.74. The van der Waals surface area contributed by atoms with E-state index in [2.05, 4.69) is 0 Å². The van der Waals surface area contributed by atoms with Crippen LogP contribution in [0.25, 0.3) is 0 Å². The third kappa shape index (κ3) is 1.96. The molecule has 5 heteroatoms. The van der Waals surface area contributed by atoms with Gasteiger partial charge in [0.2, 0.25) is 8.31 Å². The maximum absolute atomic E-state index is 12.3. The van der Waals surface area contributed by atoms with Crippen LogP contribution in [0.4, 0.5) is 0 Å². The lowest BCUT2D eigenvalue weighted by atomic mass is 10.2. The van der Waals surface area contributed by atoms with E-state index in [1.54, 1.807) is 13.4 Å². The monoisotopic (exact) mass is 248 g/mol. The van der Waals surface area contributed by atoms with E-state index in [0.29, 0.717) is 11.3 Å². The van der Waals surface area contributed by atoms with Crippen molar-refractivity contribution in [3.63, 3.8) is 0 Å². The Morgan fingerprint density at radius 2 is 2.12 bits per heavy atom. The van der Waals surface area contributed by atoms with Crippen LogP contribution >= 0.6 is 0 Å². The second-order valence-electron chi connectivity index (χ2n) is 3.42. The van der Waals surface area contributed by atoms with Crippen LogP contribution in [0.5, 0.6) is 5.75 Å². The molecule has 1 aliphatic heterocycles. The highest BCUT2D eigenvalue weighted by molar-refractivity contribution is 7.36. The molecule has 2 rings (SSSR count). The van der Waals surface area contributed by atoms with Gasteiger partial charge in [0, 0.05) is 0 Å². The number of hydrogen-bond donors (Lipinski definition) is 0. The van der Waals surface area contributed by atoms with E-state index in [0.717, 1.165) is 0 Å². The summed E-state index contributed by atoms with van der Waals surface area (Å²) < 4.78 is 10.6. The summed E-state index contributed by atoms with van der Waals surface area (Å²) >= 11 is 0. The van der Waals surface area contributed by atoms with Gasteiger partial charge >= 0.3 is 0 Å². The molecule has 0 fully saturated rings. The third-order valence-corrected chi connectivity index (χ3v) is 8.74. The molecule has 82 valence electrons. The summed E-state index contributed by atoms with van der Waals surface area (Å²) in [5.41, 5.74) is 2.62. The van der Waals surface area contributed by atoms with Gasteiger partial charge < -0.3 is 9.16 Å². The van der Waals surface area contributed by atoms with Crippen molar-refractivity contribution in [2.24, 2.45) is 0 Å². The zero-order valence-electron chi connectivity index (χ0n) is 9.19. The molecule has 1 heterocycles. The van der Waals surface area contributed by atoms with Gasteiger partial charge in [-0.25, -0.2) is 0 Å². The second kappa shape index (κ2) is 4.67. The van der Waals surface area contributed by atoms with Gasteiger partial charge in [0.25, 0.3) is 8.56 Å². The molecule has 3 nitrogen and oxygen atoms in total. The van der Waals surface area contributed by atoms with Crippen molar-refractivity contribution in [2.75, 3.05) is 7.11 Å². The van der Waals surface area contributed by atoms with Crippen molar-refractivity contribution in [3.05, 3.63) is 41.8 Å². The molecule has 0 aromatic heterocycles. The van der Waals surface area contributed by atoms with E-state index in [-0.39, 0.29) is 5.41 Å². The maximum atomic E-state index is 12.3. The lowest BCUT2D eigenvalue weighted by Crippen LogP contribution is -2.37. The smallest absolute Gasteiger partial charge is 0.270 e. The first-order valence-electron chi connectivity index (χ1n) is 4.96. The van der Waals surface area contributed by atoms with E-state index >= 15 is 0 Å². The molecule has 1 aliphatic rings. The highest BCUT2D eigenvalue weighted by atomic mass is 29.2. The van der Waals surface area contributed by atoms with Gasteiger partial charge in [-0.1, -0.05) is 17.8 Å². The van der Waals surface area contributed by atoms with Gasteiger partial charge in [0.1, 0.15) is 11.2 Å². The van der Waals surface area contributed by atoms with Gasteiger partial charge in [0.05, 0.1) is 18.9 Å². The van der Waals surface area contributed by atoms with E-state index < -0.39 is 16.9 Å². The van der Waals surface area contributed by atoms with Crippen molar-refractivity contribution in [2.45, 2.75) is 6.55 Å². The van der Waals surface area contributed by atoms with Crippen LogP contribution in [0.2, 0.25) is 6.55 Å². The first kappa shape index (κ1) is 11.2. The van der Waals surface area contributed by atoms with E-state index in [1.807, 2.05) is 36.5 Å². The SMILES string of the molecule is COc1ccccc1C(=O)[Si]1C=CO[Si]1C. The van der Waals surface area contributed by atoms with Gasteiger partial charge in [-0.2, -0.15) is 0 Å². The van der Waals surface area contributed by atoms with Crippen LogP contribution in [0.3, 0.4) is 0 Å². The number of ether oxygens (including phenoxy) is 1. The fraction of sp³-hybridized carbons (Fsp3) is 0.182. The molecule has 0 saturated heterocycles. The summed E-state index contributed by atoms with van der Waals surface area (Å²) in [5.74, 6) is 0.653. The highest BCUT2D eigenvalue weighted by Gasteiger charge is 2.35. The number of para-hydroxylation sites is 1. The van der Waals surface area contributed by atoms with Crippen molar-refractivity contribution in [1.82, 2.24) is 0 Å². The molecule has 0 bridgehead atoms. The van der Waals surface area contributed by atoms with Crippen LogP contribution in [-0.2, 0) is 4.43 Å². The van der Waals surface area contributed by atoms with Crippen LogP contribution in [0.15, 0.2) is 36.2 Å². The standard InChI is InChI=1S/C11H12O3Si2/c1-13-10-6-4-3-5-9(10)11(12)16-8-7-14-15(16)2/h3-8H,1-2H3. The molecule has 2 radical (unpaired) electrons. The minimum absolute atomic E-state index is 0.188. The number of hydrogen-bond acceptors (Lipinski definition) is 3. The molecule has 1 aromatic rings. The minimum Gasteiger partial charge on any atom is -0.551 e. The lowest BCUT2D eigenvalue weighted by molar-refractivity contribution is 0.107. The van der Waals surface area contributed by atoms with Crippen molar-refractivity contribution < 1.29 is 14.0 Å². The largest absolute Gasteiger partial charge is 0.551 e. The van der Waals surface area contributed by atoms with Gasteiger partial charge in [-0.05, 0) is 18.7 Å². The second-order valence-corrected chi connectivity index (χ2v) is 10.1. The molecule has 0 saturated carbocycles. The van der Waals surface area contributed by atoms with Gasteiger partial charge in [0.15, 0.2) is 0 Å². The molecule has 0 amide bonds. The van der Waals surface area contributed by atoms with Crippen molar-refractivity contribution in [3.8, 4) is 5.75 Å². The summed E-state index contributed by atoms with van der Waals surface area (Å²) in [6, 6.07) is 7.36. The first-order valence-corrected chi connectivity index (χ1v) is 9.44. The third-order valence-electron chi connectivity index (χ3n) is 2.46. The molecular formula is C11H12O3Si2. The Bertz CT molecular complexity index is 431. The van der Waals surface area contributed by atoms with Gasteiger partial charge in [-0.15, -0.1) is 0 Å². The predicted molar refractivity (Wildman–Crippen MR) is 64.9 cm³/mol. The Kier molecular flexibility index (Phi) is 3.26. The summed E-state index contributed by atoms with van der Waals surface area (Å²) in [4.78, 5) is 12.3. The summed E-state index contributed by atoms with van der Waals surface area (Å²) in [6.45, 7) is 2.03. The van der Waals surface area contributed by atoms with Crippen LogP contribution in [0, 0.1) is 0 Å². The Morgan fingerprint density at radius 3 is 2.75 bits per heavy atom. The number of rotatable bonds is 3. The Balaban J connectivity index is 2.30. The highest BCUT2D eigenvalue weighted by Crippen LogP contribution is 2.21. The molecule has 0 spiro atoms. The maximum Gasteiger partial charge on any atom is 0.270 e. The number of methoxy groups -OCH3 is 1. The Hall–Kier alpha value is -1.34. The predicted octanol–water partition coefficient (Wildman–Crippen LogP) is 1.69. The Labute approximate surface area is 97.8 Å². The van der Waals surface area contributed by atoms with Crippen LogP contribution in [0.1, 0.15) is 10.4 Å². The molecule has 16 heavy (non-hydrogen) atoms.